The van der Waals surface area contributed by atoms with E-state index in [2.05, 4.69) is 0 Å². The number of carbonyl (C=O) groups excluding carboxylic acids is 2. The normalized spacial score (nSPS) is 30.3. The third-order valence-electron chi connectivity index (χ3n) is 10.7. The van der Waals surface area contributed by atoms with Crippen LogP contribution in [0.15, 0.2) is 107 Å². The van der Waals surface area contributed by atoms with Gasteiger partial charge in [-0.3, -0.25) is 9.59 Å². The van der Waals surface area contributed by atoms with Gasteiger partial charge in [-0.2, -0.15) is 0 Å². The lowest BCUT2D eigenvalue weighted by Crippen LogP contribution is -2.41. The highest BCUT2D eigenvalue weighted by molar-refractivity contribution is 5.96. The lowest BCUT2D eigenvalue weighted by atomic mass is 9.66. The van der Waals surface area contributed by atoms with Gasteiger partial charge in [-0.1, -0.05) is 137 Å². The molecule has 2 N–H and O–H groups in total. The predicted octanol–water partition coefficient (Wildman–Crippen LogP) is 9.07. The molecule has 2 saturated carbocycles. The SMILES string of the molecule is CC(/C=C/C=C(C)/C=C/C(=O)[C@]1(C)CC[C@@H](O)C1(C)C)=C\C=C\C=C(C)\C=C\C=C(C)\C=C\C(=O)[C@]1(C)CC[C@@H](O)C1(C)C. The standard InChI is InChI=1S/C40H56O4/c1-29(17-13-19-31(3)21-23-35(43)39(9)27-25-33(41)37(39,5)6)15-11-12-16-30(2)18-14-20-32(4)22-24-36(44)40(10)28-26-34(42)38(40,7)8/h11-24,33-34,41-42H,25-28H2,1-10H3/b12-11+,17-13+,18-14+,23-21+,24-22+,29-15+,30-16+,31-19+,32-20+/t33-,34-,39+,40+/m1/s1. The molecule has 0 unspecified atom stereocenters. The van der Waals surface area contributed by atoms with Crippen LogP contribution in [-0.2, 0) is 9.59 Å². The quantitative estimate of drug-likeness (QED) is 0.173. The van der Waals surface area contributed by atoms with E-state index in [1.165, 1.54) is 0 Å². The molecular weight excluding hydrogens is 544 g/mol. The molecule has 2 aliphatic rings. The summed E-state index contributed by atoms with van der Waals surface area (Å²) >= 11 is 0. The largest absolute Gasteiger partial charge is 0.393 e. The van der Waals surface area contributed by atoms with E-state index < -0.39 is 33.9 Å². The van der Waals surface area contributed by atoms with E-state index in [9.17, 15) is 19.8 Å². The van der Waals surface area contributed by atoms with Crippen LogP contribution in [0.5, 0.6) is 0 Å². The molecule has 2 fully saturated rings. The number of rotatable bonds is 12. The number of hydrogen-bond acceptors (Lipinski definition) is 4. The van der Waals surface area contributed by atoms with E-state index >= 15 is 0 Å². The van der Waals surface area contributed by atoms with Crippen molar-refractivity contribution in [2.24, 2.45) is 21.7 Å². The van der Waals surface area contributed by atoms with Crippen molar-refractivity contribution < 1.29 is 19.8 Å². The van der Waals surface area contributed by atoms with E-state index in [4.69, 9.17) is 0 Å². The molecular formula is C40H56O4. The number of aliphatic hydroxyl groups is 2. The predicted molar refractivity (Wildman–Crippen MR) is 185 cm³/mol. The van der Waals surface area contributed by atoms with E-state index in [1.807, 2.05) is 142 Å². The molecule has 0 aliphatic heterocycles. The van der Waals surface area contributed by atoms with E-state index in [0.717, 1.165) is 22.3 Å². The maximum atomic E-state index is 12.9. The van der Waals surface area contributed by atoms with Gasteiger partial charge in [-0.25, -0.2) is 0 Å². The van der Waals surface area contributed by atoms with Gasteiger partial charge >= 0.3 is 0 Å². The summed E-state index contributed by atoms with van der Waals surface area (Å²) in [6, 6.07) is 0. The summed E-state index contributed by atoms with van der Waals surface area (Å²) in [5, 5.41) is 20.6. The Balaban J connectivity index is 1.87. The number of ketones is 2. The van der Waals surface area contributed by atoms with Crippen molar-refractivity contribution in [3.63, 3.8) is 0 Å². The summed E-state index contributed by atoms with van der Waals surface area (Å²) in [4.78, 5) is 25.9. The smallest absolute Gasteiger partial charge is 0.162 e. The molecule has 0 saturated heterocycles. The first-order chi connectivity index (χ1) is 20.4. The van der Waals surface area contributed by atoms with Gasteiger partial charge in [0.1, 0.15) is 0 Å². The molecule has 0 amide bonds. The van der Waals surface area contributed by atoms with Crippen molar-refractivity contribution in [2.45, 2.75) is 107 Å². The number of hydrogen-bond donors (Lipinski definition) is 2. The number of carbonyl (C=O) groups is 2. The Hall–Kier alpha value is -3.08. The minimum absolute atomic E-state index is 0.0742. The van der Waals surface area contributed by atoms with E-state index in [0.29, 0.717) is 25.7 Å². The average Bonchev–Trinajstić information content (AvgIpc) is 3.31. The van der Waals surface area contributed by atoms with E-state index in [-0.39, 0.29) is 11.6 Å². The van der Waals surface area contributed by atoms with Crippen LogP contribution in [0.25, 0.3) is 0 Å². The van der Waals surface area contributed by atoms with Gasteiger partial charge in [0.2, 0.25) is 0 Å². The summed E-state index contributed by atoms with van der Waals surface area (Å²) in [6.07, 6.45) is 28.9. The van der Waals surface area contributed by atoms with Gasteiger partial charge in [0.15, 0.2) is 11.6 Å². The first kappa shape index (κ1) is 37.1. The van der Waals surface area contributed by atoms with Crippen molar-refractivity contribution in [3.05, 3.63) is 107 Å². The summed E-state index contributed by atoms with van der Waals surface area (Å²) in [6.45, 7) is 19.9. The number of aliphatic hydroxyl groups excluding tert-OH is 2. The third-order valence-corrected chi connectivity index (χ3v) is 10.7. The van der Waals surface area contributed by atoms with Gasteiger partial charge in [0, 0.05) is 21.7 Å². The lowest BCUT2D eigenvalue weighted by Gasteiger charge is -2.38. The van der Waals surface area contributed by atoms with Crippen LogP contribution < -0.4 is 0 Å². The average molecular weight is 601 g/mol. The van der Waals surface area contributed by atoms with Gasteiger partial charge in [0.25, 0.3) is 0 Å². The van der Waals surface area contributed by atoms with Gasteiger partial charge in [-0.15, -0.1) is 0 Å². The summed E-state index contributed by atoms with van der Waals surface area (Å²) < 4.78 is 0. The van der Waals surface area contributed by atoms with Crippen molar-refractivity contribution in [3.8, 4) is 0 Å². The Kier molecular flexibility index (Phi) is 12.9. The third kappa shape index (κ3) is 8.76. The maximum absolute atomic E-state index is 12.9. The van der Waals surface area contributed by atoms with Crippen molar-refractivity contribution in [1.29, 1.82) is 0 Å². The molecule has 4 heteroatoms. The molecule has 0 bridgehead atoms. The molecule has 240 valence electrons. The Morgan fingerprint density at radius 2 is 0.795 bits per heavy atom. The molecule has 0 spiro atoms. The van der Waals surface area contributed by atoms with Crippen LogP contribution in [0.1, 0.15) is 94.9 Å². The van der Waals surface area contributed by atoms with Crippen LogP contribution >= 0.6 is 0 Å². The molecule has 4 nitrogen and oxygen atoms in total. The zero-order valence-corrected chi connectivity index (χ0v) is 28.8. The van der Waals surface area contributed by atoms with E-state index in [1.54, 1.807) is 12.2 Å². The molecule has 0 aromatic carbocycles. The van der Waals surface area contributed by atoms with Crippen molar-refractivity contribution >= 4 is 11.6 Å². The molecule has 0 aromatic rings. The first-order valence-corrected chi connectivity index (χ1v) is 15.9. The minimum Gasteiger partial charge on any atom is -0.393 e. The fourth-order valence-corrected chi connectivity index (χ4v) is 5.96. The highest BCUT2D eigenvalue weighted by Crippen LogP contribution is 2.54. The highest BCUT2D eigenvalue weighted by Gasteiger charge is 2.55. The second-order valence-corrected chi connectivity index (χ2v) is 14.4. The fourth-order valence-electron chi connectivity index (χ4n) is 5.96. The van der Waals surface area contributed by atoms with Gasteiger partial charge in [0.05, 0.1) is 12.2 Å². The summed E-state index contributed by atoms with van der Waals surface area (Å²) in [5.41, 5.74) is 2.23. The Morgan fingerprint density at radius 1 is 0.500 bits per heavy atom. The Labute approximate surface area is 267 Å². The molecule has 44 heavy (non-hydrogen) atoms. The van der Waals surface area contributed by atoms with Crippen LogP contribution in [0.4, 0.5) is 0 Å². The molecule has 2 rings (SSSR count). The Bertz CT molecular complexity index is 1230. The fraction of sp³-hybridized carbons (Fsp3) is 0.500. The van der Waals surface area contributed by atoms with Crippen molar-refractivity contribution in [1.82, 2.24) is 0 Å². The molecule has 0 radical (unpaired) electrons. The lowest BCUT2D eigenvalue weighted by molar-refractivity contribution is -0.130. The zero-order valence-electron chi connectivity index (χ0n) is 28.8. The molecule has 2 aliphatic carbocycles. The minimum atomic E-state index is -0.542. The van der Waals surface area contributed by atoms with Crippen molar-refractivity contribution in [2.75, 3.05) is 0 Å². The molecule has 0 aromatic heterocycles. The Morgan fingerprint density at radius 3 is 1.09 bits per heavy atom. The van der Waals surface area contributed by atoms with Crippen LogP contribution in [0, 0.1) is 21.7 Å². The highest BCUT2D eigenvalue weighted by atomic mass is 16.3. The maximum Gasteiger partial charge on any atom is 0.162 e. The molecule has 4 atom stereocenters. The molecule has 0 heterocycles. The van der Waals surface area contributed by atoms with Gasteiger partial charge < -0.3 is 10.2 Å². The topological polar surface area (TPSA) is 74.6 Å². The monoisotopic (exact) mass is 600 g/mol. The zero-order chi connectivity index (χ0) is 33.3. The second-order valence-electron chi connectivity index (χ2n) is 14.4. The first-order valence-electron chi connectivity index (χ1n) is 15.9. The van der Waals surface area contributed by atoms with Crippen LogP contribution in [0.3, 0.4) is 0 Å². The van der Waals surface area contributed by atoms with Gasteiger partial charge in [-0.05, 0) is 65.5 Å². The number of allylic oxidation sites excluding steroid dienone is 18. The summed E-state index contributed by atoms with van der Waals surface area (Å²) in [5.74, 6) is 0.148. The second kappa shape index (κ2) is 15.3. The van der Waals surface area contributed by atoms with Crippen LogP contribution in [0.2, 0.25) is 0 Å². The van der Waals surface area contributed by atoms with Crippen LogP contribution in [-0.4, -0.2) is 34.0 Å². The summed E-state index contributed by atoms with van der Waals surface area (Å²) in [7, 11) is 0.